The lowest BCUT2D eigenvalue weighted by Gasteiger charge is -2.21. The van der Waals surface area contributed by atoms with Crippen molar-refractivity contribution < 1.29 is 22.4 Å². The number of rotatable bonds is 2. The van der Waals surface area contributed by atoms with Crippen molar-refractivity contribution in [3.05, 3.63) is 65.6 Å². The van der Waals surface area contributed by atoms with Gasteiger partial charge in [0.25, 0.3) is 6.23 Å². The van der Waals surface area contributed by atoms with Crippen LogP contribution < -0.4 is 5.06 Å². The van der Waals surface area contributed by atoms with E-state index in [1.165, 1.54) is 12.1 Å². The van der Waals surface area contributed by atoms with Crippen LogP contribution in [0, 0.1) is 26.6 Å². The van der Waals surface area contributed by atoms with Crippen LogP contribution in [0.25, 0.3) is 0 Å². The Morgan fingerprint density at radius 3 is 2.32 bits per heavy atom. The lowest BCUT2D eigenvalue weighted by atomic mass is 10.1. The molecule has 0 saturated heterocycles. The SMILES string of the molecule is [CH]c1ccc(C2=NC(C(F)(F)F)ON2c2cc(C)nc(C)c2)cc1F. The van der Waals surface area contributed by atoms with Crippen molar-refractivity contribution in [3.63, 3.8) is 0 Å². The first kappa shape index (κ1) is 17.3. The number of aromatic nitrogens is 1. The standard InChI is InChI=1S/C17H13F4N3O/c1-9-4-5-12(8-14(9)18)15-23-16(17(19,20)21)25-24(15)13-6-10(2)22-11(3)7-13/h1,4-8,16H,2-3H3. The average Bonchev–Trinajstić information content (AvgIpc) is 2.94. The summed E-state index contributed by atoms with van der Waals surface area (Å²) in [5.74, 6) is -0.913. The van der Waals surface area contributed by atoms with Gasteiger partial charge in [0, 0.05) is 23.9 Å². The van der Waals surface area contributed by atoms with E-state index in [0.717, 1.165) is 11.1 Å². The molecule has 0 fully saturated rings. The van der Waals surface area contributed by atoms with Gasteiger partial charge >= 0.3 is 6.18 Å². The first-order valence-corrected chi connectivity index (χ1v) is 7.27. The summed E-state index contributed by atoms with van der Waals surface area (Å²) in [4.78, 5) is 12.7. The number of benzene rings is 1. The summed E-state index contributed by atoms with van der Waals surface area (Å²) in [6, 6.07) is 6.76. The molecular weight excluding hydrogens is 338 g/mol. The van der Waals surface area contributed by atoms with Crippen molar-refractivity contribution in [2.24, 2.45) is 4.99 Å². The van der Waals surface area contributed by atoms with Crippen molar-refractivity contribution in [2.45, 2.75) is 26.3 Å². The number of aliphatic imine (C=N–C) groups is 1. The topological polar surface area (TPSA) is 37.7 Å². The molecule has 1 aliphatic rings. The van der Waals surface area contributed by atoms with Crippen LogP contribution in [0.5, 0.6) is 0 Å². The Labute approximate surface area is 141 Å². The van der Waals surface area contributed by atoms with E-state index in [9.17, 15) is 17.6 Å². The van der Waals surface area contributed by atoms with Crippen LogP contribution in [0.15, 0.2) is 35.3 Å². The van der Waals surface area contributed by atoms with Gasteiger partial charge in [-0.2, -0.15) is 13.2 Å². The van der Waals surface area contributed by atoms with Crippen molar-refractivity contribution in [1.29, 1.82) is 0 Å². The second kappa shape index (κ2) is 6.11. The zero-order valence-electron chi connectivity index (χ0n) is 13.3. The van der Waals surface area contributed by atoms with E-state index >= 15 is 0 Å². The summed E-state index contributed by atoms with van der Waals surface area (Å²) in [6.07, 6.45) is -7.08. The summed E-state index contributed by atoms with van der Waals surface area (Å²) in [5, 5.41) is 0.935. The van der Waals surface area contributed by atoms with Crippen LogP contribution in [-0.2, 0) is 4.84 Å². The van der Waals surface area contributed by atoms with E-state index < -0.39 is 18.2 Å². The van der Waals surface area contributed by atoms with Gasteiger partial charge in [0.05, 0.1) is 5.69 Å². The van der Waals surface area contributed by atoms with Gasteiger partial charge in [-0.1, -0.05) is 12.1 Å². The molecule has 0 amide bonds. The fourth-order valence-electron chi connectivity index (χ4n) is 2.44. The van der Waals surface area contributed by atoms with E-state index in [-0.39, 0.29) is 17.0 Å². The lowest BCUT2D eigenvalue weighted by molar-refractivity contribution is -0.211. The van der Waals surface area contributed by atoms with Crippen LogP contribution in [0.2, 0.25) is 0 Å². The average molecular weight is 351 g/mol. The molecule has 1 aromatic heterocycles. The van der Waals surface area contributed by atoms with Crippen LogP contribution in [-0.4, -0.2) is 23.2 Å². The van der Waals surface area contributed by atoms with Crippen molar-refractivity contribution in [1.82, 2.24) is 4.98 Å². The Morgan fingerprint density at radius 2 is 1.76 bits per heavy atom. The maximum atomic E-state index is 13.7. The predicted octanol–water partition coefficient (Wildman–Crippen LogP) is 3.98. The number of halogens is 4. The van der Waals surface area contributed by atoms with Gasteiger partial charge in [-0.15, -0.1) is 0 Å². The summed E-state index contributed by atoms with van der Waals surface area (Å²) < 4.78 is 53.0. The summed E-state index contributed by atoms with van der Waals surface area (Å²) >= 11 is 0. The van der Waals surface area contributed by atoms with Crippen molar-refractivity contribution >= 4 is 11.5 Å². The summed E-state index contributed by atoms with van der Waals surface area (Å²) in [5.41, 5.74) is 1.50. The maximum absolute atomic E-state index is 13.7. The summed E-state index contributed by atoms with van der Waals surface area (Å²) in [6.45, 7) is 8.83. The molecule has 0 bridgehead atoms. The normalized spacial score (nSPS) is 17.8. The number of hydrogen-bond acceptors (Lipinski definition) is 4. The van der Waals surface area contributed by atoms with Crippen molar-refractivity contribution in [3.8, 4) is 0 Å². The molecule has 2 radical (unpaired) electrons. The molecule has 8 heteroatoms. The number of aryl methyl sites for hydroxylation is 2. The predicted molar refractivity (Wildman–Crippen MR) is 83.5 cm³/mol. The monoisotopic (exact) mass is 351 g/mol. The lowest BCUT2D eigenvalue weighted by Crippen LogP contribution is -2.33. The molecule has 1 atom stereocenters. The van der Waals surface area contributed by atoms with Crippen LogP contribution in [0.4, 0.5) is 23.2 Å². The van der Waals surface area contributed by atoms with Gasteiger partial charge in [0.2, 0.25) is 0 Å². The maximum Gasteiger partial charge on any atom is 0.438 e. The van der Waals surface area contributed by atoms with Gasteiger partial charge in [-0.05, 0) is 37.6 Å². The number of alkyl halides is 3. The van der Waals surface area contributed by atoms with Gasteiger partial charge in [0.15, 0.2) is 5.84 Å². The highest BCUT2D eigenvalue weighted by Gasteiger charge is 2.47. The molecule has 2 heterocycles. The number of hydrogen-bond donors (Lipinski definition) is 0. The van der Waals surface area contributed by atoms with Crippen molar-refractivity contribution in [2.75, 3.05) is 5.06 Å². The third-order valence-corrected chi connectivity index (χ3v) is 3.48. The van der Waals surface area contributed by atoms with E-state index in [4.69, 9.17) is 11.8 Å². The molecule has 4 nitrogen and oxygen atoms in total. The first-order valence-electron chi connectivity index (χ1n) is 7.27. The fourth-order valence-corrected chi connectivity index (χ4v) is 2.44. The quantitative estimate of drug-likeness (QED) is 0.768. The minimum absolute atomic E-state index is 0.113. The number of nitrogens with zero attached hydrogens (tertiary/aromatic N) is 3. The molecule has 25 heavy (non-hydrogen) atoms. The third kappa shape index (κ3) is 3.48. The molecule has 0 saturated carbocycles. The molecule has 3 rings (SSSR count). The van der Waals surface area contributed by atoms with E-state index in [2.05, 4.69) is 9.98 Å². The smallest absolute Gasteiger partial charge is 0.258 e. The zero-order chi connectivity index (χ0) is 18.4. The number of anilines is 1. The Kier molecular flexibility index (Phi) is 4.24. The van der Waals surface area contributed by atoms with Gasteiger partial charge in [-0.3, -0.25) is 4.98 Å². The zero-order valence-corrected chi connectivity index (χ0v) is 13.3. The highest BCUT2D eigenvalue weighted by molar-refractivity contribution is 6.09. The molecule has 1 aliphatic heterocycles. The molecule has 130 valence electrons. The number of hydroxylamine groups is 1. The fraction of sp³-hybridized carbons (Fsp3) is 0.235. The highest BCUT2D eigenvalue weighted by atomic mass is 19.4. The minimum Gasteiger partial charge on any atom is -0.258 e. The number of pyridine rings is 1. The molecule has 1 aromatic carbocycles. The largest absolute Gasteiger partial charge is 0.438 e. The molecule has 1 unspecified atom stereocenters. The molecule has 0 N–H and O–H groups in total. The molecule has 0 spiro atoms. The van der Waals surface area contributed by atoms with E-state index in [1.807, 2.05) is 0 Å². The number of amidine groups is 1. The molecule has 2 aromatic rings. The molecular formula is C17H13F4N3O. The van der Waals surface area contributed by atoms with Crippen LogP contribution >= 0.6 is 0 Å². The van der Waals surface area contributed by atoms with Gasteiger partial charge < -0.3 is 0 Å². The third-order valence-electron chi connectivity index (χ3n) is 3.48. The minimum atomic E-state index is -4.70. The Balaban J connectivity index is 2.09. The molecule has 0 aliphatic carbocycles. The van der Waals surface area contributed by atoms with Crippen LogP contribution in [0.1, 0.15) is 22.5 Å². The first-order chi connectivity index (χ1) is 11.6. The second-order valence-corrected chi connectivity index (χ2v) is 5.59. The Hall–Kier alpha value is -2.48. The Bertz CT molecular complexity index is 828. The van der Waals surface area contributed by atoms with E-state index in [1.54, 1.807) is 26.0 Å². The second-order valence-electron chi connectivity index (χ2n) is 5.59. The Morgan fingerprint density at radius 1 is 1.12 bits per heavy atom. The van der Waals surface area contributed by atoms with Gasteiger partial charge in [0.1, 0.15) is 5.82 Å². The van der Waals surface area contributed by atoms with Crippen LogP contribution in [0.3, 0.4) is 0 Å². The highest BCUT2D eigenvalue weighted by Crippen LogP contribution is 2.33. The summed E-state index contributed by atoms with van der Waals surface area (Å²) in [7, 11) is 0. The van der Waals surface area contributed by atoms with E-state index in [0.29, 0.717) is 17.1 Å². The van der Waals surface area contributed by atoms with Gasteiger partial charge in [-0.25, -0.2) is 19.3 Å².